The van der Waals surface area contributed by atoms with E-state index in [1.807, 2.05) is 54.6 Å². The molecule has 0 aliphatic carbocycles. The molecule has 1 saturated heterocycles. The van der Waals surface area contributed by atoms with Crippen molar-refractivity contribution in [3.8, 4) is 0 Å². The summed E-state index contributed by atoms with van der Waals surface area (Å²) in [5.41, 5.74) is 3.82. The Morgan fingerprint density at radius 2 is 1.81 bits per heavy atom. The van der Waals surface area contributed by atoms with Crippen molar-refractivity contribution in [1.82, 2.24) is 10.2 Å². The number of likely N-dealkylation sites (tertiary alicyclic amines) is 1. The Morgan fingerprint density at radius 1 is 1.08 bits per heavy atom. The Kier molecular flexibility index (Phi) is 9.36. The van der Waals surface area contributed by atoms with Crippen molar-refractivity contribution in [1.29, 1.82) is 0 Å². The zero-order valence-electron chi connectivity index (χ0n) is 20.9. The van der Waals surface area contributed by atoms with Crippen LogP contribution in [0.2, 0.25) is 5.02 Å². The number of carbonyl (C=O) groups is 1. The van der Waals surface area contributed by atoms with Crippen molar-refractivity contribution in [2.75, 3.05) is 45.5 Å². The predicted octanol–water partition coefficient (Wildman–Crippen LogP) is 5.14. The van der Waals surface area contributed by atoms with Gasteiger partial charge in [0, 0.05) is 56.6 Å². The van der Waals surface area contributed by atoms with Crippen LogP contribution < -0.4 is 10.2 Å². The van der Waals surface area contributed by atoms with E-state index >= 15 is 0 Å². The highest BCUT2D eigenvalue weighted by atomic mass is 35.5. The van der Waals surface area contributed by atoms with Gasteiger partial charge in [0.05, 0.1) is 12.1 Å². The largest absolute Gasteiger partial charge is 0.366 e. The Labute approximate surface area is 218 Å². The quantitative estimate of drug-likeness (QED) is 0.364. The van der Waals surface area contributed by atoms with Crippen LogP contribution in [0.3, 0.4) is 0 Å². The molecular weight excluding hydrogens is 474 g/mol. The monoisotopic (exact) mass is 507 g/mol. The van der Waals surface area contributed by atoms with E-state index in [9.17, 15) is 4.79 Å². The average molecular weight is 508 g/mol. The van der Waals surface area contributed by atoms with Gasteiger partial charge in [-0.2, -0.15) is 0 Å². The number of rotatable bonds is 11. The molecular formula is C29H34ClN3O3. The molecule has 36 heavy (non-hydrogen) atoms. The molecule has 3 aromatic carbocycles. The lowest BCUT2D eigenvalue weighted by Gasteiger charge is -2.33. The van der Waals surface area contributed by atoms with Gasteiger partial charge in [-0.15, -0.1) is 0 Å². The number of amides is 1. The summed E-state index contributed by atoms with van der Waals surface area (Å²) in [5.74, 6) is -0.122. The summed E-state index contributed by atoms with van der Waals surface area (Å²) in [6.07, 6.45) is 1.21. The van der Waals surface area contributed by atoms with Crippen molar-refractivity contribution >= 4 is 23.2 Å². The van der Waals surface area contributed by atoms with E-state index in [2.05, 4.69) is 46.4 Å². The number of hydrogen-bond donors (Lipinski definition) is 1. The lowest BCUT2D eigenvalue weighted by atomic mass is 10.0. The van der Waals surface area contributed by atoms with Crippen LogP contribution >= 0.6 is 11.6 Å². The Hall–Kier alpha value is -2.90. The number of hydrogen-bond acceptors (Lipinski definition) is 5. The maximum absolute atomic E-state index is 12.7. The fourth-order valence-electron chi connectivity index (χ4n) is 4.58. The molecule has 1 aliphatic heterocycles. The van der Waals surface area contributed by atoms with E-state index < -0.39 is 0 Å². The second-order valence-electron chi connectivity index (χ2n) is 9.10. The molecule has 0 spiro atoms. The second-order valence-corrected chi connectivity index (χ2v) is 9.51. The number of anilines is 1. The van der Waals surface area contributed by atoms with E-state index in [1.165, 1.54) is 5.56 Å². The first-order chi connectivity index (χ1) is 17.5. The van der Waals surface area contributed by atoms with Crippen LogP contribution in [-0.4, -0.2) is 57.5 Å². The number of ether oxygens (including phenoxy) is 2. The van der Waals surface area contributed by atoms with E-state index in [4.69, 9.17) is 21.1 Å². The summed E-state index contributed by atoms with van der Waals surface area (Å²) in [6.45, 7) is 3.49. The molecule has 0 radical (unpaired) electrons. The summed E-state index contributed by atoms with van der Waals surface area (Å²) < 4.78 is 10.9. The van der Waals surface area contributed by atoms with Gasteiger partial charge in [0.1, 0.15) is 6.79 Å². The lowest BCUT2D eigenvalue weighted by Crippen LogP contribution is -2.36. The molecule has 2 atom stereocenters. The summed E-state index contributed by atoms with van der Waals surface area (Å²) in [7, 11) is 3.76. The second kappa shape index (κ2) is 12.9. The zero-order chi connectivity index (χ0) is 25.3. The summed E-state index contributed by atoms with van der Waals surface area (Å²) in [5, 5.41) is 3.61. The van der Waals surface area contributed by atoms with Gasteiger partial charge in [0.15, 0.2) is 0 Å². The summed E-state index contributed by atoms with van der Waals surface area (Å²) in [6, 6.07) is 26.0. The van der Waals surface area contributed by atoms with Crippen LogP contribution in [0.1, 0.15) is 33.9 Å². The van der Waals surface area contributed by atoms with Crippen molar-refractivity contribution in [3.05, 3.63) is 101 Å². The number of nitrogens with zero attached hydrogens (tertiary/aromatic N) is 2. The van der Waals surface area contributed by atoms with Crippen molar-refractivity contribution in [2.24, 2.45) is 0 Å². The third-order valence-electron chi connectivity index (χ3n) is 6.67. The molecule has 1 aliphatic rings. The van der Waals surface area contributed by atoms with Crippen molar-refractivity contribution in [2.45, 2.75) is 25.1 Å². The molecule has 1 N–H and O–H groups in total. The van der Waals surface area contributed by atoms with Gasteiger partial charge >= 0.3 is 0 Å². The average Bonchev–Trinajstić information content (AvgIpc) is 3.37. The highest BCUT2D eigenvalue weighted by Crippen LogP contribution is 2.28. The highest BCUT2D eigenvalue weighted by Gasteiger charge is 2.28. The Morgan fingerprint density at radius 3 is 2.53 bits per heavy atom. The van der Waals surface area contributed by atoms with Crippen LogP contribution in [-0.2, 0) is 16.0 Å². The minimum Gasteiger partial charge on any atom is -0.366 e. The molecule has 1 fully saturated rings. The van der Waals surface area contributed by atoms with Gasteiger partial charge < -0.3 is 19.7 Å². The van der Waals surface area contributed by atoms with Gasteiger partial charge in [0.2, 0.25) is 0 Å². The van der Waals surface area contributed by atoms with Gasteiger partial charge in [-0.1, -0.05) is 60.1 Å². The Bertz CT molecular complexity index is 1110. The minimum absolute atomic E-state index is 0.122. The maximum atomic E-state index is 12.7. The van der Waals surface area contributed by atoms with E-state index in [-0.39, 0.29) is 18.1 Å². The molecule has 7 heteroatoms. The number of halogens is 1. The van der Waals surface area contributed by atoms with Gasteiger partial charge in [-0.3, -0.25) is 9.69 Å². The standard InChI is InChI=1S/C29H34ClN3O3/c1-32(25-14-12-23(13-15-25)29(34)31-18-24-10-6-7-11-27(24)30)28(22-8-4-3-5-9-22)20-33-17-16-26(19-33)36-21-35-2/h3-15,26,28H,16-21H2,1-2H3,(H,31,34)/t26-,28+/m0/s1. The molecule has 0 unspecified atom stereocenters. The van der Waals surface area contributed by atoms with Gasteiger partial charge in [-0.25, -0.2) is 0 Å². The third-order valence-corrected chi connectivity index (χ3v) is 7.04. The molecule has 1 amide bonds. The number of benzene rings is 3. The molecule has 0 aromatic heterocycles. The SMILES string of the molecule is COCO[C@H]1CCN(C[C@H](c2ccccc2)N(C)c2ccc(C(=O)NCc3ccccc3Cl)cc2)C1. The molecule has 4 rings (SSSR count). The zero-order valence-corrected chi connectivity index (χ0v) is 21.7. The predicted molar refractivity (Wildman–Crippen MR) is 144 cm³/mol. The number of methoxy groups -OCH3 is 1. The van der Waals surface area contributed by atoms with E-state index in [0.29, 0.717) is 23.9 Å². The topological polar surface area (TPSA) is 54.0 Å². The molecule has 1 heterocycles. The number of nitrogens with one attached hydrogen (secondary N) is 1. The maximum Gasteiger partial charge on any atom is 0.251 e. The lowest BCUT2D eigenvalue weighted by molar-refractivity contribution is -0.0671. The number of carbonyl (C=O) groups excluding carboxylic acids is 1. The Balaban J connectivity index is 1.42. The van der Waals surface area contributed by atoms with Crippen molar-refractivity contribution in [3.63, 3.8) is 0 Å². The van der Waals surface area contributed by atoms with E-state index in [1.54, 1.807) is 7.11 Å². The summed E-state index contributed by atoms with van der Waals surface area (Å²) >= 11 is 6.21. The molecule has 6 nitrogen and oxygen atoms in total. The van der Waals surface area contributed by atoms with Crippen LogP contribution in [0.4, 0.5) is 5.69 Å². The smallest absolute Gasteiger partial charge is 0.251 e. The first-order valence-electron chi connectivity index (χ1n) is 12.3. The number of likely N-dealkylation sites (N-methyl/N-ethyl adjacent to an activating group) is 1. The van der Waals surface area contributed by atoms with E-state index in [0.717, 1.165) is 37.3 Å². The fourth-order valence-corrected chi connectivity index (χ4v) is 4.78. The van der Waals surface area contributed by atoms with Gasteiger partial charge in [0.25, 0.3) is 5.91 Å². The molecule has 0 bridgehead atoms. The molecule has 3 aromatic rings. The first kappa shape index (κ1) is 26.2. The van der Waals surface area contributed by atoms with Crippen LogP contribution in [0.15, 0.2) is 78.9 Å². The van der Waals surface area contributed by atoms with Crippen LogP contribution in [0, 0.1) is 0 Å². The first-order valence-corrected chi connectivity index (χ1v) is 12.7. The summed E-state index contributed by atoms with van der Waals surface area (Å²) in [4.78, 5) is 17.4. The molecule has 0 saturated carbocycles. The fraction of sp³-hybridized carbons (Fsp3) is 0.345. The van der Waals surface area contributed by atoms with Crippen molar-refractivity contribution < 1.29 is 14.3 Å². The normalized spacial score (nSPS) is 16.6. The van der Waals surface area contributed by atoms with Crippen LogP contribution in [0.25, 0.3) is 0 Å². The minimum atomic E-state index is -0.122. The van der Waals surface area contributed by atoms with Crippen LogP contribution in [0.5, 0.6) is 0 Å². The van der Waals surface area contributed by atoms with Gasteiger partial charge in [-0.05, 0) is 47.9 Å². The third kappa shape index (κ3) is 6.86. The molecule has 190 valence electrons. The highest BCUT2D eigenvalue weighted by molar-refractivity contribution is 6.31.